The molecule has 130 valence electrons. The van der Waals surface area contributed by atoms with E-state index >= 15 is 0 Å². The van der Waals surface area contributed by atoms with E-state index in [0.717, 1.165) is 6.07 Å². The first-order valence-electron chi connectivity index (χ1n) is 7.19. The molecule has 1 aromatic heterocycles. The van der Waals surface area contributed by atoms with Gasteiger partial charge in [-0.1, -0.05) is 42.5 Å². The largest absolute Gasteiger partial charge is 0.501 e. The maximum Gasteiger partial charge on any atom is 0.313 e. The van der Waals surface area contributed by atoms with Crippen LogP contribution in [0.2, 0.25) is 0 Å². The third kappa shape index (κ3) is 3.74. The minimum atomic E-state index is -4.08. The normalized spacial score (nSPS) is 11.4. The molecule has 0 aliphatic rings. The zero-order valence-electron chi connectivity index (χ0n) is 12.8. The van der Waals surface area contributed by atoms with Gasteiger partial charge in [0.2, 0.25) is 17.4 Å². The summed E-state index contributed by atoms with van der Waals surface area (Å²) in [4.78, 5) is 0. The average molecular weight is 363 g/mol. The fraction of sp³-hybridized carbons (Fsp3) is 0.0588. The van der Waals surface area contributed by atoms with Gasteiger partial charge in [0.1, 0.15) is 11.6 Å². The molecule has 2 aromatic carbocycles. The molecule has 0 spiro atoms. The minimum absolute atomic E-state index is 0.179. The van der Waals surface area contributed by atoms with Crippen molar-refractivity contribution in [3.63, 3.8) is 0 Å². The molecule has 0 saturated carbocycles. The lowest BCUT2D eigenvalue weighted by molar-refractivity contribution is 0.432. The lowest BCUT2D eigenvalue weighted by Gasteiger charge is -2.06. The molecule has 3 rings (SSSR count). The number of furan rings is 1. The standard InChI is InChI=1S/C17H14FNO5S/c18-13-8-4-7-12(9-13)15-14(20)16(17(19)23-15)24-25(21,22)10-11-5-2-1-3-6-11/h1-9,20H,10,19H2. The molecule has 0 aliphatic carbocycles. The quantitative estimate of drug-likeness (QED) is 0.675. The van der Waals surface area contributed by atoms with Crippen LogP contribution in [-0.4, -0.2) is 13.5 Å². The molecule has 0 atom stereocenters. The first kappa shape index (κ1) is 16.8. The van der Waals surface area contributed by atoms with E-state index < -0.39 is 39.1 Å². The van der Waals surface area contributed by atoms with Crippen molar-refractivity contribution >= 4 is 16.0 Å². The molecule has 0 bridgehead atoms. The SMILES string of the molecule is Nc1oc(-c2cccc(F)c2)c(O)c1OS(=O)(=O)Cc1ccccc1. The van der Waals surface area contributed by atoms with E-state index in [9.17, 15) is 17.9 Å². The van der Waals surface area contributed by atoms with Gasteiger partial charge in [0.15, 0.2) is 5.76 Å². The van der Waals surface area contributed by atoms with Gasteiger partial charge in [-0.3, -0.25) is 0 Å². The Kier molecular flexibility index (Phi) is 4.37. The fourth-order valence-electron chi connectivity index (χ4n) is 2.27. The topological polar surface area (TPSA) is 103 Å². The van der Waals surface area contributed by atoms with Gasteiger partial charge in [-0.05, 0) is 17.7 Å². The number of anilines is 1. The van der Waals surface area contributed by atoms with Crippen LogP contribution in [0.25, 0.3) is 11.3 Å². The monoisotopic (exact) mass is 363 g/mol. The molecule has 3 aromatic rings. The third-order valence-corrected chi connectivity index (χ3v) is 4.46. The highest BCUT2D eigenvalue weighted by atomic mass is 32.2. The summed E-state index contributed by atoms with van der Waals surface area (Å²) >= 11 is 0. The van der Waals surface area contributed by atoms with E-state index in [1.54, 1.807) is 30.3 Å². The summed E-state index contributed by atoms with van der Waals surface area (Å²) in [7, 11) is -4.08. The molecule has 0 unspecified atom stereocenters. The Balaban J connectivity index is 1.91. The van der Waals surface area contributed by atoms with Gasteiger partial charge >= 0.3 is 10.1 Å². The van der Waals surface area contributed by atoms with Crippen LogP contribution in [0.4, 0.5) is 10.3 Å². The van der Waals surface area contributed by atoms with Crippen LogP contribution in [0, 0.1) is 5.82 Å². The Hall–Kier alpha value is -3.00. The zero-order valence-corrected chi connectivity index (χ0v) is 13.7. The summed E-state index contributed by atoms with van der Waals surface area (Å²) in [5, 5.41) is 10.2. The Bertz CT molecular complexity index is 999. The second kappa shape index (κ2) is 6.48. The van der Waals surface area contributed by atoms with Gasteiger partial charge in [0, 0.05) is 5.56 Å². The molecule has 0 radical (unpaired) electrons. The lowest BCUT2D eigenvalue weighted by atomic mass is 10.1. The fourth-order valence-corrected chi connectivity index (χ4v) is 3.34. The van der Waals surface area contributed by atoms with Crippen molar-refractivity contribution < 1.29 is 26.5 Å². The number of benzene rings is 2. The number of halogens is 1. The third-order valence-electron chi connectivity index (χ3n) is 3.35. The van der Waals surface area contributed by atoms with Crippen molar-refractivity contribution in [2.24, 2.45) is 0 Å². The van der Waals surface area contributed by atoms with Crippen LogP contribution in [0.3, 0.4) is 0 Å². The summed E-state index contributed by atoms with van der Waals surface area (Å²) in [6, 6.07) is 13.6. The molecule has 0 fully saturated rings. The van der Waals surface area contributed by atoms with Crippen LogP contribution in [0.1, 0.15) is 5.56 Å². The number of hydrogen-bond donors (Lipinski definition) is 2. The molecular formula is C17H14FNO5S. The molecule has 0 aliphatic heterocycles. The van der Waals surface area contributed by atoms with Crippen molar-refractivity contribution in [3.05, 3.63) is 66.0 Å². The van der Waals surface area contributed by atoms with Gasteiger partial charge in [-0.25, -0.2) is 4.39 Å². The average Bonchev–Trinajstić information content (AvgIpc) is 2.83. The molecule has 8 heteroatoms. The van der Waals surface area contributed by atoms with Crippen LogP contribution in [-0.2, 0) is 15.9 Å². The van der Waals surface area contributed by atoms with Gasteiger partial charge < -0.3 is 19.4 Å². The molecule has 0 amide bonds. The highest BCUT2D eigenvalue weighted by Gasteiger charge is 2.26. The van der Waals surface area contributed by atoms with Crippen molar-refractivity contribution in [1.82, 2.24) is 0 Å². The van der Waals surface area contributed by atoms with E-state index in [1.165, 1.54) is 18.2 Å². The van der Waals surface area contributed by atoms with Crippen LogP contribution in [0.15, 0.2) is 59.0 Å². The van der Waals surface area contributed by atoms with Gasteiger partial charge in [0.05, 0.1) is 0 Å². The predicted molar refractivity (Wildman–Crippen MR) is 89.9 cm³/mol. The first-order valence-corrected chi connectivity index (χ1v) is 8.77. The maximum absolute atomic E-state index is 13.3. The van der Waals surface area contributed by atoms with Crippen LogP contribution in [0.5, 0.6) is 11.5 Å². The second-order valence-electron chi connectivity index (χ2n) is 5.25. The van der Waals surface area contributed by atoms with Gasteiger partial charge in [-0.2, -0.15) is 8.42 Å². The molecule has 6 nitrogen and oxygen atoms in total. The summed E-state index contributed by atoms with van der Waals surface area (Å²) in [6.07, 6.45) is 0. The molecular weight excluding hydrogens is 349 g/mol. The van der Waals surface area contributed by atoms with Crippen LogP contribution < -0.4 is 9.92 Å². The van der Waals surface area contributed by atoms with E-state index in [0.29, 0.717) is 5.56 Å². The maximum atomic E-state index is 13.3. The van der Waals surface area contributed by atoms with Crippen molar-refractivity contribution in [2.75, 3.05) is 5.73 Å². The second-order valence-corrected chi connectivity index (χ2v) is 6.83. The summed E-state index contributed by atoms with van der Waals surface area (Å²) < 4.78 is 47.8. The summed E-state index contributed by atoms with van der Waals surface area (Å²) in [5.41, 5.74) is 6.31. The Morgan fingerprint density at radius 1 is 1.12 bits per heavy atom. The number of aromatic hydroxyl groups is 1. The highest BCUT2D eigenvalue weighted by Crippen LogP contribution is 2.45. The van der Waals surface area contributed by atoms with Crippen molar-refractivity contribution in [1.29, 1.82) is 0 Å². The van der Waals surface area contributed by atoms with E-state index in [1.807, 2.05) is 0 Å². The number of rotatable bonds is 5. The smallest absolute Gasteiger partial charge is 0.313 e. The van der Waals surface area contributed by atoms with Crippen LogP contribution >= 0.6 is 0 Å². The highest BCUT2D eigenvalue weighted by molar-refractivity contribution is 7.86. The number of nitrogen functional groups attached to an aromatic ring is 1. The first-order chi connectivity index (χ1) is 11.9. The van der Waals surface area contributed by atoms with Gasteiger partial charge in [0.25, 0.3) is 0 Å². The lowest BCUT2D eigenvalue weighted by Crippen LogP contribution is -2.12. The number of nitrogens with two attached hydrogens (primary N) is 1. The van der Waals surface area contributed by atoms with E-state index in [2.05, 4.69) is 0 Å². The summed E-state index contributed by atoms with van der Waals surface area (Å²) in [5.74, 6) is -2.69. The predicted octanol–water partition coefficient (Wildman–Crippen LogP) is 3.28. The molecule has 1 heterocycles. The minimum Gasteiger partial charge on any atom is -0.501 e. The van der Waals surface area contributed by atoms with E-state index in [-0.39, 0.29) is 11.3 Å². The Morgan fingerprint density at radius 3 is 2.52 bits per heavy atom. The van der Waals surface area contributed by atoms with E-state index in [4.69, 9.17) is 14.3 Å². The zero-order chi connectivity index (χ0) is 18.0. The Labute approximate surface area is 143 Å². The number of hydrogen-bond acceptors (Lipinski definition) is 6. The molecule has 25 heavy (non-hydrogen) atoms. The van der Waals surface area contributed by atoms with Crippen molar-refractivity contribution in [3.8, 4) is 22.8 Å². The van der Waals surface area contributed by atoms with Gasteiger partial charge in [-0.15, -0.1) is 0 Å². The molecule has 3 N–H and O–H groups in total. The summed E-state index contributed by atoms with van der Waals surface area (Å²) in [6.45, 7) is 0. The van der Waals surface area contributed by atoms with Crippen molar-refractivity contribution in [2.45, 2.75) is 5.75 Å². The molecule has 0 saturated heterocycles. The Morgan fingerprint density at radius 2 is 1.84 bits per heavy atom.